The van der Waals surface area contributed by atoms with Crippen molar-refractivity contribution in [3.8, 4) is 5.69 Å². The van der Waals surface area contributed by atoms with E-state index >= 15 is 0 Å². The molecule has 0 saturated carbocycles. The Labute approximate surface area is 159 Å². The van der Waals surface area contributed by atoms with Gasteiger partial charge in [-0.2, -0.15) is 5.10 Å². The fraction of sp³-hybridized carbons (Fsp3) is 0.450. The van der Waals surface area contributed by atoms with Gasteiger partial charge in [-0.3, -0.25) is 9.59 Å². The van der Waals surface area contributed by atoms with Gasteiger partial charge in [-0.15, -0.1) is 0 Å². The second kappa shape index (κ2) is 9.32. The normalized spacial score (nSPS) is 17.1. The molecule has 3 rings (SSSR count). The van der Waals surface area contributed by atoms with E-state index in [9.17, 15) is 9.59 Å². The van der Waals surface area contributed by atoms with Gasteiger partial charge in [0.05, 0.1) is 24.4 Å². The Kier molecular flexibility index (Phi) is 6.59. The molecule has 27 heavy (non-hydrogen) atoms. The third-order valence-electron chi connectivity index (χ3n) is 4.81. The van der Waals surface area contributed by atoms with Gasteiger partial charge in [-0.25, -0.2) is 4.68 Å². The second-order valence-corrected chi connectivity index (χ2v) is 6.74. The minimum Gasteiger partial charge on any atom is -0.383 e. The number of methoxy groups -OCH3 is 1. The summed E-state index contributed by atoms with van der Waals surface area (Å²) in [4.78, 5) is 26.1. The summed E-state index contributed by atoms with van der Waals surface area (Å²) in [5, 5.41) is 7.36. The van der Waals surface area contributed by atoms with Crippen LogP contribution in [0, 0.1) is 5.92 Å². The van der Waals surface area contributed by atoms with E-state index in [0.717, 1.165) is 17.7 Å². The standard InChI is InChI=1S/C20H26N4O3/c1-27-12-11-23-15-17(7-8-19(23)25)20(26)21-10-9-16-13-22-24(14-16)18-5-3-2-4-6-18/h2-6,13-14,17H,7-12,15H2,1H3,(H,21,26). The van der Waals surface area contributed by atoms with Crippen LogP contribution in [-0.2, 0) is 20.7 Å². The summed E-state index contributed by atoms with van der Waals surface area (Å²) in [6.45, 7) is 2.06. The molecular formula is C20H26N4O3. The molecule has 1 aliphatic rings. The second-order valence-electron chi connectivity index (χ2n) is 6.74. The minimum atomic E-state index is -0.147. The first-order valence-electron chi connectivity index (χ1n) is 9.31. The van der Waals surface area contributed by atoms with E-state index in [1.807, 2.05) is 47.4 Å². The van der Waals surface area contributed by atoms with Crippen LogP contribution in [-0.4, -0.2) is 59.8 Å². The molecule has 7 nitrogen and oxygen atoms in total. The molecule has 0 spiro atoms. The van der Waals surface area contributed by atoms with Gasteiger partial charge >= 0.3 is 0 Å². The lowest BCUT2D eigenvalue weighted by molar-refractivity contribution is -0.138. The lowest BCUT2D eigenvalue weighted by Crippen LogP contribution is -2.47. The van der Waals surface area contributed by atoms with Crippen LogP contribution in [0.2, 0.25) is 0 Å². The van der Waals surface area contributed by atoms with Crippen molar-refractivity contribution in [3.05, 3.63) is 48.3 Å². The first kappa shape index (κ1) is 19.1. The molecule has 1 aromatic heterocycles. The number of para-hydroxylation sites is 1. The molecule has 1 N–H and O–H groups in total. The molecule has 1 unspecified atom stereocenters. The van der Waals surface area contributed by atoms with Crippen molar-refractivity contribution in [1.82, 2.24) is 20.0 Å². The van der Waals surface area contributed by atoms with Gasteiger partial charge in [-0.05, 0) is 30.5 Å². The first-order chi connectivity index (χ1) is 13.2. The van der Waals surface area contributed by atoms with Crippen LogP contribution < -0.4 is 5.32 Å². The molecule has 1 atom stereocenters. The van der Waals surface area contributed by atoms with Crippen LogP contribution in [0.4, 0.5) is 0 Å². The summed E-state index contributed by atoms with van der Waals surface area (Å²) in [5.74, 6) is -0.0311. The third-order valence-corrected chi connectivity index (χ3v) is 4.81. The van der Waals surface area contributed by atoms with Crippen LogP contribution in [0.15, 0.2) is 42.7 Å². The van der Waals surface area contributed by atoms with Crippen LogP contribution in [0.1, 0.15) is 18.4 Å². The largest absolute Gasteiger partial charge is 0.383 e. The molecule has 2 amide bonds. The van der Waals surface area contributed by atoms with Crippen LogP contribution in [0.5, 0.6) is 0 Å². The van der Waals surface area contributed by atoms with Crippen molar-refractivity contribution in [2.45, 2.75) is 19.3 Å². The highest BCUT2D eigenvalue weighted by atomic mass is 16.5. The third kappa shape index (κ3) is 5.17. The van der Waals surface area contributed by atoms with Gasteiger partial charge in [0, 0.05) is 39.4 Å². The van der Waals surface area contributed by atoms with Gasteiger partial charge in [0.1, 0.15) is 0 Å². The number of benzene rings is 1. The lowest BCUT2D eigenvalue weighted by atomic mass is 9.96. The SMILES string of the molecule is COCCN1CC(C(=O)NCCc2cnn(-c3ccccc3)c2)CCC1=O. The molecule has 0 radical (unpaired) electrons. The number of nitrogens with one attached hydrogen (secondary N) is 1. The number of carbonyl (C=O) groups excluding carboxylic acids is 2. The van der Waals surface area contributed by atoms with E-state index in [-0.39, 0.29) is 17.7 Å². The Balaban J connectivity index is 1.45. The number of ether oxygens (including phenoxy) is 1. The molecular weight excluding hydrogens is 344 g/mol. The molecule has 2 heterocycles. The monoisotopic (exact) mass is 370 g/mol. The van der Waals surface area contributed by atoms with E-state index < -0.39 is 0 Å². The Hall–Kier alpha value is -2.67. The summed E-state index contributed by atoms with van der Waals surface area (Å²) >= 11 is 0. The fourth-order valence-electron chi connectivity index (χ4n) is 3.23. The maximum atomic E-state index is 12.4. The van der Waals surface area contributed by atoms with Gasteiger partial charge in [0.15, 0.2) is 0 Å². The number of nitrogens with zero attached hydrogens (tertiary/aromatic N) is 3. The molecule has 7 heteroatoms. The van der Waals surface area contributed by atoms with Gasteiger partial charge in [0.25, 0.3) is 0 Å². The highest BCUT2D eigenvalue weighted by Gasteiger charge is 2.29. The van der Waals surface area contributed by atoms with Gasteiger partial charge < -0.3 is 15.0 Å². The predicted octanol–water partition coefficient (Wildman–Crippen LogP) is 1.42. The summed E-state index contributed by atoms with van der Waals surface area (Å²) in [6, 6.07) is 9.92. The molecule has 1 aromatic carbocycles. The molecule has 1 aliphatic heterocycles. The van der Waals surface area contributed by atoms with E-state index in [1.54, 1.807) is 12.0 Å². The molecule has 144 valence electrons. The zero-order chi connectivity index (χ0) is 19.1. The van der Waals surface area contributed by atoms with Crippen LogP contribution in [0.3, 0.4) is 0 Å². The first-order valence-corrected chi connectivity index (χ1v) is 9.31. The van der Waals surface area contributed by atoms with Crippen molar-refractivity contribution >= 4 is 11.8 Å². The molecule has 0 bridgehead atoms. The number of likely N-dealkylation sites (tertiary alicyclic amines) is 1. The topological polar surface area (TPSA) is 76.5 Å². The van der Waals surface area contributed by atoms with Crippen molar-refractivity contribution in [2.24, 2.45) is 5.92 Å². The van der Waals surface area contributed by atoms with E-state index in [2.05, 4.69) is 10.4 Å². The number of rotatable bonds is 8. The molecule has 0 aliphatic carbocycles. The smallest absolute Gasteiger partial charge is 0.224 e. The summed E-state index contributed by atoms with van der Waals surface area (Å²) < 4.78 is 6.87. The zero-order valence-corrected chi connectivity index (χ0v) is 15.6. The average Bonchev–Trinajstić information content (AvgIpc) is 3.17. The highest BCUT2D eigenvalue weighted by molar-refractivity contribution is 5.83. The van der Waals surface area contributed by atoms with Gasteiger partial charge in [0.2, 0.25) is 11.8 Å². The lowest BCUT2D eigenvalue weighted by Gasteiger charge is -2.31. The Morgan fingerprint density at radius 1 is 1.33 bits per heavy atom. The zero-order valence-electron chi connectivity index (χ0n) is 15.6. The maximum Gasteiger partial charge on any atom is 0.224 e. The predicted molar refractivity (Wildman–Crippen MR) is 101 cm³/mol. The van der Waals surface area contributed by atoms with E-state index in [4.69, 9.17) is 4.74 Å². The summed E-state index contributed by atoms with van der Waals surface area (Å²) in [6.07, 6.45) is 5.56. The van der Waals surface area contributed by atoms with Crippen molar-refractivity contribution < 1.29 is 14.3 Å². The van der Waals surface area contributed by atoms with Crippen molar-refractivity contribution in [2.75, 3.05) is 33.4 Å². The highest BCUT2D eigenvalue weighted by Crippen LogP contribution is 2.17. The van der Waals surface area contributed by atoms with Crippen LogP contribution in [0.25, 0.3) is 5.69 Å². The fourth-order valence-corrected chi connectivity index (χ4v) is 3.23. The Bertz CT molecular complexity index is 760. The number of piperidine rings is 1. The van der Waals surface area contributed by atoms with Crippen LogP contribution >= 0.6 is 0 Å². The number of hydrogen-bond acceptors (Lipinski definition) is 4. The molecule has 1 fully saturated rings. The summed E-state index contributed by atoms with van der Waals surface area (Å²) in [5.41, 5.74) is 2.08. The Morgan fingerprint density at radius 2 is 2.15 bits per heavy atom. The van der Waals surface area contributed by atoms with Crippen molar-refractivity contribution in [3.63, 3.8) is 0 Å². The van der Waals surface area contributed by atoms with E-state index in [1.165, 1.54) is 0 Å². The number of hydrogen-bond donors (Lipinski definition) is 1. The summed E-state index contributed by atoms with van der Waals surface area (Å²) in [7, 11) is 1.61. The van der Waals surface area contributed by atoms with E-state index in [0.29, 0.717) is 39.1 Å². The Morgan fingerprint density at radius 3 is 2.93 bits per heavy atom. The maximum absolute atomic E-state index is 12.4. The average molecular weight is 370 g/mol. The molecule has 1 saturated heterocycles. The number of carbonyl (C=O) groups is 2. The number of aromatic nitrogens is 2. The van der Waals surface area contributed by atoms with Crippen molar-refractivity contribution in [1.29, 1.82) is 0 Å². The minimum absolute atomic E-state index is 0.0142. The quantitative estimate of drug-likeness (QED) is 0.762. The molecule has 2 aromatic rings. The number of amides is 2. The van der Waals surface area contributed by atoms with Gasteiger partial charge in [-0.1, -0.05) is 18.2 Å².